The van der Waals surface area contributed by atoms with Crippen LogP contribution in [0.4, 0.5) is 13.2 Å². The van der Waals surface area contributed by atoms with Crippen LogP contribution in [0.25, 0.3) is 0 Å². The van der Waals surface area contributed by atoms with Crippen molar-refractivity contribution in [3.63, 3.8) is 0 Å². The molecule has 1 saturated heterocycles. The zero-order valence-corrected chi connectivity index (χ0v) is 31.2. The van der Waals surface area contributed by atoms with Crippen molar-refractivity contribution < 1.29 is 23.0 Å². The molecule has 0 radical (unpaired) electrons. The van der Waals surface area contributed by atoms with Gasteiger partial charge in [-0.2, -0.15) is 13.2 Å². The van der Waals surface area contributed by atoms with Gasteiger partial charge in [-0.05, 0) is 106 Å². The third-order valence-electron chi connectivity index (χ3n) is 7.99. The Labute approximate surface area is 279 Å². The lowest BCUT2D eigenvalue weighted by molar-refractivity contribution is -0.261. The van der Waals surface area contributed by atoms with E-state index in [-0.39, 0.29) is 6.42 Å². The summed E-state index contributed by atoms with van der Waals surface area (Å²) in [6, 6.07) is 20.5. The summed E-state index contributed by atoms with van der Waals surface area (Å²) < 4.78 is 41.5. The second-order valence-electron chi connectivity index (χ2n) is 17.0. The summed E-state index contributed by atoms with van der Waals surface area (Å²) in [4.78, 5) is 4.95. The molecule has 1 N–H and O–H groups in total. The monoisotopic (exact) mass is 650 g/mol. The van der Waals surface area contributed by atoms with Gasteiger partial charge in [-0.1, -0.05) is 105 Å². The quantitative estimate of drug-likeness (QED) is 0.308. The number of methoxy groups -OCH3 is 1. The smallest absolute Gasteiger partial charge is 0.416 e. The summed E-state index contributed by atoms with van der Waals surface area (Å²) in [6.07, 6.45) is 0.300. The summed E-state index contributed by atoms with van der Waals surface area (Å²) in [7, 11) is 5.98. The summed E-state index contributed by atoms with van der Waals surface area (Å²) in [6.45, 7) is 22.2. The molecule has 3 unspecified atom stereocenters. The zero-order valence-electron chi connectivity index (χ0n) is 31.2. The molecule has 7 heteroatoms. The first kappa shape index (κ1) is 41.9. The largest absolute Gasteiger partial charge is 0.497 e. The lowest BCUT2D eigenvalue weighted by atomic mass is 9.82. The molecule has 2 aromatic rings. The predicted molar refractivity (Wildman–Crippen MR) is 188 cm³/mol. The fourth-order valence-electron chi connectivity index (χ4n) is 5.90. The Kier molecular flexibility index (Phi) is 15.8. The Bertz CT molecular complexity index is 1100. The van der Waals surface area contributed by atoms with E-state index in [9.17, 15) is 13.2 Å². The van der Waals surface area contributed by atoms with Crippen molar-refractivity contribution in [3.8, 4) is 5.75 Å². The van der Waals surface area contributed by atoms with Crippen molar-refractivity contribution in [2.24, 2.45) is 16.2 Å². The van der Waals surface area contributed by atoms with Crippen LogP contribution in [0.3, 0.4) is 0 Å². The molecule has 46 heavy (non-hydrogen) atoms. The highest BCUT2D eigenvalue weighted by Gasteiger charge is 2.51. The van der Waals surface area contributed by atoms with E-state index in [0.29, 0.717) is 22.9 Å². The van der Waals surface area contributed by atoms with Gasteiger partial charge in [0.05, 0.1) is 7.11 Å². The second kappa shape index (κ2) is 17.3. The summed E-state index contributed by atoms with van der Waals surface area (Å²) in [5.41, 5.74) is 0.456. The van der Waals surface area contributed by atoms with Crippen molar-refractivity contribution in [2.45, 2.75) is 125 Å². The van der Waals surface area contributed by atoms with Gasteiger partial charge in [-0.15, -0.1) is 0 Å². The highest BCUT2D eigenvalue weighted by atomic mass is 19.4. The number of hydrogen-bond donors (Lipinski definition) is 1. The average Bonchev–Trinajstić information content (AvgIpc) is 3.44. The van der Waals surface area contributed by atoms with Crippen LogP contribution in [-0.4, -0.2) is 61.0 Å². The van der Waals surface area contributed by atoms with E-state index >= 15 is 0 Å². The number of benzene rings is 2. The van der Waals surface area contributed by atoms with Crippen LogP contribution >= 0.6 is 0 Å². The Balaban J connectivity index is 0.000000352. The summed E-state index contributed by atoms with van der Waals surface area (Å²) >= 11 is 0. The lowest BCUT2D eigenvalue weighted by Crippen LogP contribution is -2.44. The van der Waals surface area contributed by atoms with Crippen molar-refractivity contribution >= 4 is 0 Å². The van der Waals surface area contributed by atoms with Crippen molar-refractivity contribution in [3.05, 3.63) is 65.7 Å². The standard InChI is InChI=1S/C16H25N.C15H25NO.C8H15F3O/c1-16(2,3)13-15(17-11-7-8-12-17)14-9-5-4-6-10-14;1-15(2,3)11-14(16(4)5)12-7-9-13(17-6)10-8-12;1-6(2,3)5-7(4,12)8(9,10)11/h4-6,9-10,15H,7-8,11-13H2,1-3H3;7-10,14H,11H2,1-6H3;12H,5H2,1-4H3. The van der Waals surface area contributed by atoms with Gasteiger partial charge in [0.1, 0.15) is 5.75 Å². The lowest BCUT2D eigenvalue weighted by Gasteiger charge is -2.33. The van der Waals surface area contributed by atoms with Gasteiger partial charge in [-0.25, -0.2) is 0 Å². The van der Waals surface area contributed by atoms with Gasteiger partial charge in [0.2, 0.25) is 0 Å². The molecule has 3 atom stereocenters. The normalized spacial score (nSPS) is 17.3. The third-order valence-corrected chi connectivity index (χ3v) is 7.99. The molecule has 0 bridgehead atoms. The molecular formula is C39H65F3N2O2. The Morgan fingerprint density at radius 2 is 1.20 bits per heavy atom. The molecule has 1 fully saturated rings. The Morgan fingerprint density at radius 3 is 1.54 bits per heavy atom. The number of likely N-dealkylation sites (tertiary alicyclic amines) is 1. The van der Waals surface area contributed by atoms with Gasteiger partial charge in [0.25, 0.3) is 0 Å². The molecular weight excluding hydrogens is 585 g/mol. The molecule has 0 saturated carbocycles. The average molecular weight is 651 g/mol. The van der Waals surface area contributed by atoms with Gasteiger partial charge in [0, 0.05) is 12.1 Å². The van der Waals surface area contributed by atoms with Crippen LogP contribution in [-0.2, 0) is 0 Å². The summed E-state index contributed by atoms with van der Waals surface area (Å²) in [5.74, 6) is 0.919. The van der Waals surface area contributed by atoms with E-state index in [0.717, 1.165) is 19.1 Å². The van der Waals surface area contributed by atoms with Crippen LogP contribution in [0.1, 0.15) is 125 Å². The first-order chi connectivity index (χ1) is 20.9. The molecule has 1 heterocycles. The molecule has 0 amide bonds. The Hall–Kier alpha value is -2.09. The fourth-order valence-corrected chi connectivity index (χ4v) is 5.90. The van der Waals surface area contributed by atoms with Crippen molar-refractivity contribution in [1.82, 2.24) is 9.80 Å². The fraction of sp³-hybridized carbons (Fsp3) is 0.692. The van der Waals surface area contributed by atoms with E-state index in [1.54, 1.807) is 27.9 Å². The van der Waals surface area contributed by atoms with Crippen LogP contribution in [0.2, 0.25) is 0 Å². The molecule has 0 aliphatic carbocycles. The molecule has 264 valence electrons. The maximum Gasteiger partial charge on any atom is 0.416 e. The topological polar surface area (TPSA) is 35.9 Å². The molecule has 2 aromatic carbocycles. The van der Waals surface area contributed by atoms with E-state index in [1.807, 2.05) is 12.1 Å². The van der Waals surface area contributed by atoms with E-state index in [1.165, 1.54) is 43.5 Å². The highest BCUT2D eigenvalue weighted by molar-refractivity contribution is 5.29. The molecule has 1 aliphatic heterocycles. The van der Waals surface area contributed by atoms with Crippen LogP contribution in [0, 0.1) is 16.2 Å². The number of nitrogens with zero attached hydrogens (tertiary/aromatic N) is 2. The van der Waals surface area contributed by atoms with E-state index in [4.69, 9.17) is 9.84 Å². The first-order valence-electron chi connectivity index (χ1n) is 16.7. The van der Waals surface area contributed by atoms with Gasteiger partial charge in [0.15, 0.2) is 5.60 Å². The number of aliphatic hydroxyl groups is 1. The molecule has 1 aliphatic rings. The van der Waals surface area contributed by atoms with E-state index < -0.39 is 17.2 Å². The van der Waals surface area contributed by atoms with E-state index in [2.05, 4.69) is 108 Å². The number of ether oxygens (including phenoxy) is 1. The molecule has 0 spiro atoms. The highest BCUT2D eigenvalue weighted by Crippen LogP contribution is 2.39. The van der Waals surface area contributed by atoms with Gasteiger partial charge < -0.3 is 14.7 Å². The maximum absolute atomic E-state index is 12.1. The minimum atomic E-state index is -4.54. The van der Waals surface area contributed by atoms with Crippen LogP contribution in [0.15, 0.2) is 54.6 Å². The molecule has 4 nitrogen and oxygen atoms in total. The Morgan fingerprint density at radius 1 is 0.717 bits per heavy atom. The minimum Gasteiger partial charge on any atom is -0.497 e. The number of halogens is 3. The van der Waals surface area contributed by atoms with Gasteiger partial charge >= 0.3 is 6.18 Å². The van der Waals surface area contributed by atoms with Crippen molar-refractivity contribution in [2.75, 3.05) is 34.3 Å². The minimum absolute atomic E-state index is 0.288. The van der Waals surface area contributed by atoms with Gasteiger partial charge in [-0.3, -0.25) is 4.90 Å². The number of alkyl halides is 3. The van der Waals surface area contributed by atoms with Crippen LogP contribution in [0.5, 0.6) is 5.75 Å². The zero-order chi connectivity index (χ0) is 35.6. The molecule has 3 rings (SSSR count). The predicted octanol–water partition coefficient (Wildman–Crippen LogP) is 10.7. The number of hydrogen-bond acceptors (Lipinski definition) is 4. The second-order valence-corrected chi connectivity index (χ2v) is 17.0. The van der Waals surface area contributed by atoms with Crippen molar-refractivity contribution in [1.29, 1.82) is 0 Å². The SMILES string of the molecule is CC(C)(C)CC(C)(O)C(F)(F)F.CC(C)(C)CC(c1ccccc1)N1CCCC1.COc1ccc(C(CC(C)(C)C)N(C)C)cc1. The maximum atomic E-state index is 12.1. The molecule has 0 aromatic heterocycles. The first-order valence-corrected chi connectivity index (χ1v) is 16.7. The third kappa shape index (κ3) is 16.1. The summed E-state index contributed by atoms with van der Waals surface area (Å²) in [5, 5.41) is 9.06. The number of rotatable bonds is 8. The van der Waals surface area contributed by atoms with Crippen LogP contribution < -0.4 is 4.74 Å².